The van der Waals surface area contributed by atoms with E-state index in [1.807, 2.05) is 30.2 Å². The molecule has 0 unspecified atom stereocenters. The Kier molecular flexibility index (Phi) is 6.67. The number of nitrogens with zero attached hydrogens (tertiary/aromatic N) is 3. The van der Waals surface area contributed by atoms with Gasteiger partial charge in [0.05, 0.1) is 5.69 Å². The zero-order valence-electron chi connectivity index (χ0n) is 22.0. The van der Waals surface area contributed by atoms with Gasteiger partial charge in [0.15, 0.2) is 0 Å². The minimum Gasteiger partial charge on any atom is -0.354 e. The first-order chi connectivity index (χ1) is 17.3. The normalized spacial score (nSPS) is 14.8. The summed E-state index contributed by atoms with van der Waals surface area (Å²) in [5.74, 6) is 0.508. The molecule has 5 rings (SSSR count). The number of benzene rings is 2. The average Bonchev–Trinajstić information content (AvgIpc) is 3.28. The fourth-order valence-electron chi connectivity index (χ4n) is 5.49. The Balaban J connectivity index is 1.42. The maximum atomic E-state index is 13.1. The molecule has 36 heavy (non-hydrogen) atoms. The Morgan fingerprint density at radius 2 is 1.67 bits per heavy atom. The Bertz CT molecular complexity index is 1380. The average molecular weight is 481 g/mol. The molecule has 5 heteroatoms. The lowest BCUT2D eigenvalue weighted by Crippen LogP contribution is -2.44. The van der Waals surface area contributed by atoms with Crippen LogP contribution in [0.25, 0.3) is 33.3 Å². The number of H-pyrrole nitrogens is 1. The van der Waals surface area contributed by atoms with E-state index >= 15 is 0 Å². The van der Waals surface area contributed by atoms with E-state index in [0.29, 0.717) is 12.0 Å². The van der Waals surface area contributed by atoms with Gasteiger partial charge in [-0.15, -0.1) is 0 Å². The van der Waals surface area contributed by atoms with E-state index < -0.39 is 0 Å². The van der Waals surface area contributed by atoms with Crippen LogP contribution in [0.15, 0.2) is 60.8 Å². The van der Waals surface area contributed by atoms with Gasteiger partial charge in [0.2, 0.25) is 0 Å². The largest absolute Gasteiger partial charge is 0.354 e. The first-order valence-electron chi connectivity index (χ1n) is 13.0. The van der Waals surface area contributed by atoms with Crippen molar-refractivity contribution in [3.63, 3.8) is 0 Å². The molecule has 0 aliphatic carbocycles. The molecule has 2 aromatic carbocycles. The zero-order chi connectivity index (χ0) is 25.4. The Morgan fingerprint density at radius 3 is 2.31 bits per heavy atom. The summed E-state index contributed by atoms with van der Waals surface area (Å²) in [6.45, 7) is 8.17. The molecule has 2 aromatic heterocycles. The first-order valence-corrected chi connectivity index (χ1v) is 13.0. The van der Waals surface area contributed by atoms with Gasteiger partial charge in [-0.25, -0.2) is 0 Å². The monoisotopic (exact) mass is 480 g/mol. The molecule has 1 amide bonds. The van der Waals surface area contributed by atoms with Crippen LogP contribution in [0.5, 0.6) is 0 Å². The fraction of sp³-hybridized carbons (Fsp3) is 0.355. The van der Waals surface area contributed by atoms with E-state index in [-0.39, 0.29) is 5.91 Å². The van der Waals surface area contributed by atoms with E-state index in [9.17, 15) is 4.79 Å². The van der Waals surface area contributed by atoms with Crippen molar-refractivity contribution in [3.8, 4) is 22.4 Å². The van der Waals surface area contributed by atoms with Gasteiger partial charge in [-0.05, 0) is 92.9 Å². The molecule has 0 spiro atoms. The van der Waals surface area contributed by atoms with E-state index in [1.165, 1.54) is 22.2 Å². The number of piperidine rings is 1. The summed E-state index contributed by atoms with van der Waals surface area (Å²) < 4.78 is 0. The number of nitrogens with one attached hydrogen (secondary N) is 1. The van der Waals surface area contributed by atoms with E-state index in [4.69, 9.17) is 0 Å². The number of aromatic amines is 1. The second kappa shape index (κ2) is 9.90. The van der Waals surface area contributed by atoms with Crippen LogP contribution in [-0.2, 0) is 0 Å². The summed E-state index contributed by atoms with van der Waals surface area (Å²) in [5, 5.41) is 1.25. The van der Waals surface area contributed by atoms with Crippen LogP contribution in [0.3, 0.4) is 0 Å². The van der Waals surface area contributed by atoms with Crippen LogP contribution < -0.4 is 0 Å². The minimum atomic E-state index is 0.138. The molecule has 186 valence electrons. The lowest BCUT2D eigenvalue weighted by Gasteiger charge is -2.35. The molecule has 0 atom stereocenters. The van der Waals surface area contributed by atoms with Gasteiger partial charge in [0.25, 0.3) is 5.91 Å². The van der Waals surface area contributed by atoms with Gasteiger partial charge in [-0.3, -0.25) is 9.78 Å². The van der Waals surface area contributed by atoms with Gasteiger partial charge in [0.1, 0.15) is 0 Å². The van der Waals surface area contributed by atoms with Gasteiger partial charge in [0, 0.05) is 53.1 Å². The van der Waals surface area contributed by atoms with Crippen molar-refractivity contribution >= 4 is 16.8 Å². The highest BCUT2D eigenvalue weighted by Crippen LogP contribution is 2.37. The Morgan fingerprint density at radius 1 is 0.972 bits per heavy atom. The standard InChI is InChI=1S/C31H36N4O/c1-20(2)29-27-19-24(10-11-28(27)33-30(29)25-12-15-32-21(3)18-25)22-6-8-23(9-7-22)31(36)35-16-13-26(14-17-35)34(4)5/h6-12,15,18-20,26,33H,13-14,16-17H2,1-5H3. The Hall–Kier alpha value is -3.44. The van der Waals surface area contributed by atoms with Crippen molar-refractivity contribution < 1.29 is 4.79 Å². The lowest BCUT2D eigenvalue weighted by molar-refractivity contribution is 0.0663. The molecule has 4 aromatic rings. The quantitative estimate of drug-likeness (QED) is 0.355. The van der Waals surface area contributed by atoms with Gasteiger partial charge in [-0.1, -0.05) is 32.0 Å². The summed E-state index contributed by atoms with van der Waals surface area (Å²) in [7, 11) is 4.24. The zero-order valence-corrected chi connectivity index (χ0v) is 22.0. The van der Waals surface area contributed by atoms with Crippen molar-refractivity contribution in [2.24, 2.45) is 0 Å². The number of likely N-dealkylation sites (tertiary alicyclic amines) is 1. The highest BCUT2D eigenvalue weighted by atomic mass is 16.2. The van der Waals surface area contributed by atoms with Crippen LogP contribution >= 0.6 is 0 Å². The fourth-order valence-corrected chi connectivity index (χ4v) is 5.49. The molecule has 1 fully saturated rings. The molecule has 0 saturated carbocycles. The van der Waals surface area contributed by atoms with Crippen LogP contribution in [-0.4, -0.2) is 58.9 Å². The molecule has 0 radical (unpaired) electrons. The number of aromatic nitrogens is 2. The summed E-state index contributed by atoms with van der Waals surface area (Å²) >= 11 is 0. The van der Waals surface area contributed by atoms with Gasteiger partial charge < -0.3 is 14.8 Å². The molecule has 1 aliphatic heterocycles. The third-order valence-electron chi connectivity index (χ3n) is 7.55. The van der Waals surface area contributed by atoms with Crippen LogP contribution in [0, 0.1) is 6.92 Å². The second-order valence-electron chi connectivity index (χ2n) is 10.6. The lowest BCUT2D eigenvalue weighted by atomic mass is 9.94. The van der Waals surface area contributed by atoms with Crippen LogP contribution in [0.2, 0.25) is 0 Å². The number of fused-ring (bicyclic) bond motifs is 1. The second-order valence-corrected chi connectivity index (χ2v) is 10.6. The summed E-state index contributed by atoms with van der Waals surface area (Å²) in [6.07, 6.45) is 3.94. The van der Waals surface area contributed by atoms with E-state index in [0.717, 1.165) is 53.8 Å². The number of carbonyl (C=O) groups excluding carboxylic acids is 1. The molecule has 0 bridgehead atoms. The molecular formula is C31H36N4O. The molecule has 1 aliphatic rings. The Labute approximate surface area is 214 Å². The number of rotatable bonds is 5. The van der Waals surface area contributed by atoms with E-state index in [1.54, 1.807) is 0 Å². The summed E-state index contributed by atoms with van der Waals surface area (Å²) in [6, 6.07) is 19.5. The van der Waals surface area contributed by atoms with Crippen molar-refractivity contribution in [1.29, 1.82) is 0 Å². The summed E-state index contributed by atoms with van der Waals surface area (Å²) in [4.78, 5) is 25.4. The minimum absolute atomic E-state index is 0.138. The molecular weight excluding hydrogens is 444 g/mol. The van der Waals surface area contributed by atoms with Crippen molar-refractivity contribution in [3.05, 3.63) is 77.6 Å². The maximum Gasteiger partial charge on any atom is 0.253 e. The SMILES string of the molecule is Cc1cc(-c2[nH]c3ccc(-c4ccc(C(=O)N5CCC(N(C)C)CC5)cc4)cc3c2C(C)C)ccn1. The number of aryl methyl sites for hydroxylation is 1. The number of amides is 1. The molecule has 5 nitrogen and oxygen atoms in total. The first kappa shape index (κ1) is 24.3. The topological polar surface area (TPSA) is 52.2 Å². The van der Waals surface area contributed by atoms with Crippen LogP contribution in [0.4, 0.5) is 0 Å². The molecule has 1 saturated heterocycles. The third kappa shape index (κ3) is 4.68. The maximum absolute atomic E-state index is 13.1. The number of carbonyl (C=O) groups is 1. The molecule has 3 heterocycles. The highest BCUT2D eigenvalue weighted by Gasteiger charge is 2.24. The van der Waals surface area contributed by atoms with Gasteiger partial charge >= 0.3 is 0 Å². The van der Waals surface area contributed by atoms with Crippen LogP contribution in [0.1, 0.15) is 54.2 Å². The van der Waals surface area contributed by atoms with Gasteiger partial charge in [-0.2, -0.15) is 0 Å². The summed E-state index contributed by atoms with van der Waals surface area (Å²) in [5.41, 5.74) is 8.86. The third-order valence-corrected chi connectivity index (χ3v) is 7.55. The number of pyridine rings is 1. The van der Waals surface area contributed by atoms with Crippen molar-refractivity contribution in [1.82, 2.24) is 19.8 Å². The van der Waals surface area contributed by atoms with Crippen molar-refractivity contribution in [2.75, 3.05) is 27.2 Å². The smallest absolute Gasteiger partial charge is 0.253 e. The number of hydrogen-bond donors (Lipinski definition) is 1. The van der Waals surface area contributed by atoms with Crippen molar-refractivity contribution in [2.45, 2.75) is 45.6 Å². The number of hydrogen-bond acceptors (Lipinski definition) is 3. The predicted molar refractivity (Wildman–Crippen MR) is 148 cm³/mol. The van der Waals surface area contributed by atoms with E-state index in [2.05, 4.69) is 85.3 Å². The molecule has 1 N–H and O–H groups in total. The predicted octanol–water partition coefficient (Wildman–Crippen LogP) is 6.49. The highest BCUT2D eigenvalue weighted by molar-refractivity contribution is 5.96.